The molecule has 3 aromatic carbocycles. The number of rotatable bonds is 9. The minimum Gasteiger partial charge on any atom is -0.495 e. The Labute approximate surface area is 297 Å². The molecule has 2 aliphatic heterocycles. The second-order valence-corrected chi connectivity index (χ2v) is 12.6. The maximum Gasteiger partial charge on any atom is 0.274 e. The molecule has 0 aliphatic carbocycles. The molecule has 49 heavy (non-hydrogen) atoms. The number of para-hydroxylation sites is 2. The first-order valence-electron chi connectivity index (χ1n) is 15.0. The molecule has 1 aromatic heterocycles. The number of carbonyl (C=O) groups is 2. The molecule has 15 heteroatoms. The standard InChI is InChI=1S/C34H32N6O6S.2ClH/c1-3-46-29-9-5-4-8-26(29)34(32(41)37-39-20-18-38(19-21-39)25-14-16-36-17-15-25)27-22-24(23-35)12-13-28(27)40(33(34)42)47(43,44)31-11-7-6-10-30(31)45-2;;/h4-17,22H,3,18-21H2,1-2H3,(H,37,41);2*1H. The van der Waals surface area contributed by atoms with Crippen molar-refractivity contribution in [1.29, 1.82) is 5.26 Å². The lowest BCUT2D eigenvalue weighted by atomic mass is 9.73. The maximum absolute atomic E-state index is 15.1. The number of aromatic nitrogens is 1. The fourth-order valence-electron chi connectivity index (χ4n) is 6.15. The largest absolute Gasteiger partial charge is 0.495 e. The van der Waals surface area contributed by atoms with E-state index in [0.717, 1.165) is 5.69 Å². The van der Waals surface area contributed by atoms with Gasteiger partial charge in [0.2, 0.25) is 0 Å². The van der Waals surface area contributed by atoms with E-state index in [-0.39, 0.29) is 70.2 Å². The zero-order valence-electron chi connectivity index (χ0n) is 26.6. The highest BCUT2D eigenvalue weighted by atomic mass is 35.5. The van der Waals surface area contributed by atoms with E-state index in [2.05, 4.69) is 21.4 Å². The molecule has 1 N–H and O–H groups in total. The van der Waals surface area contributed by atoms with Gasteiger partial charge in [-0.3, -0.25) is 20.0 Å². The van der Waals surface area contributed by atoms with Crippen molar-refractivity contribution in [1.82, 2.24) is 15.4 Å². The van der Waals surface area contributed by atoms with E-state index in [1.54, 1.807) is 54.7 Å². The number of amides is 2. The summed E-state index contributed by atoms with van der Waals surface area (Å²) in [5, 5.41) is 11.6. The Kier molecular flexibility index (Phi) is 11.4. The smallest absolute Gasteiger partial charge is 0.274 e. The average Bonchev–Trinajstić information content (AvgIpc) is 3.37. The lowest BCUT2D eigenvalue weighted by molar-refractivity contribution is -0.136. The van der Waals surface area contributed by atoms with Crippen molar-refractivity contribution >= 4 is 58.0 Å². The van der Waals surface area contributed by atoms with Gasteiger partial charge in [-0.2, -0.15) is 5.26 Å². The van der Waals surface area contributed by atoms with Gasteiger partial charge < -0.3 is 14.4 Å². The van der Waals surface area contributed by atoms with Crippen LogP contribution in [-0.4, -0.2) is 70.1 Å². The molecule has 0 spiro atoms. The molecule has 1 unspecified atom stereocenters. The van der Waals surface area contributed by atoms with Gasteiger partial charge in [0, 0.05) is 55.4 Å². The molecule has 1 saturated heterocycles. The summed E-state index contributed by atoms with van der Waals surface area (Å²) >= 11 is 0. The maximum atomic E-state index is 15.1. The molecule has 1 atom stereocenters. The monoisotopic (exact) mass is 724 g/mol. The first kappa shape index (κ1) is 37.0. The quantitative estimate of drug-likeness (QED) is 0.251. The van der Waals surface area contributed by atoms with Gasteiger partial charge in [0.25, 0.3) is 21.8 Å². The SMILES string of the molecule is CCOc1ccccc1C1(C(=O)NN2CCN(c3ccncc3)CC2)C(=O)N(S(=O)(=O)c2ccccc2OC)c2ccc(C#N)cc21.Cl.Cl. The van der Waals surface area contributed by atoms with Crippen LogP contribution in [-0.2, 0) is 25.0 Å². The highest BCUT2D eigenvalue weighted by Gasteiger charge is 2.62. The highest BCUT2D eigenvalue weighted by Crippen LogP contribution is 2.51. The Morgan fingerprint density at radius 2 is 1.59 bits per heavy atom. The van der Waals surface area contributed by atoms with Crippen molar-refractivity contribution < 1.29 is 27.5 Å². The van der Waals surface area contributed by atoms with Crippen molar-refractivity contribution in [3.63, 3.8) is 0 Å². The zero-order chi connectivity index (χ0) is 33.2. The number of piperazine rings is 1. The molecule has 0 bridgehead atoms. The first-order chi connectivity index (χ1) is 22.8. The van der Waals surface area contributed by atoms with Crippen LogP contribution >= 0.6 is 24.8 Å². The van der Waals surface area contributed by atoms with Gasteiger partial charge in [0.1, 0.15) is 16.4 Å². The Hall–Kier alpha value is -4.87. The molecule has 6 rings (SSSR count). The summed E-state index contributed by atoms with van der Waals surface area (Å²) in [6.07, 6.45) is 3.43. The number of hydrogen-bond acceptors (Lipinski definition) is 10. The summed E-state index contributed by atoms with van der Waals surface area (Å²) in [5.74, 6) is -1.56. The van der Waals surface area contributed by atoms with E-state index in [1.807, 2.05) is 12.1 Å². The fraction of sp³-hybridized carbons (Fsp3) is 0.235. The van der Waals surface area contributed by atoms with Crippen LogP contribution in [0.25, 0.3) is 0 Å². The number of nitriles is 1. The normalized spacial score (nSPS) is 17.2. The van der Waals surface area contributed by atoms with E-state index in [4.69, 9.17) is 9.47 Å². The number of pyridine rings is 1. The molecule has 0 saturated carbocycles. The molecule has 2 aliphatic rings. The number of hydrogen-bond donors (Lipinski definition) is 1. The van der Waals surface area contributed by atoms with Crippen LogP contribution < -0.4 is 24.1 Å². The zero-order valence-corrected chi connectivity index (χ0v) is 29.1. The number of anilines is 2. The summed E-state index contributed by atoms with van der Waals surface area (Å²) in [6, 6.07) is 22.6. The van der Waals surface area contributed by atoms with Crippen LogP contribution in [0.4, 0.5) is 11.4 Å². The van der Waals surface area contributed by atoms with Crippen LogP contribution in [0.1, 0.15) is 23.6 Å². The Morgan fingerprint density at radius 1 is 0.939 bits per heavy atom. The summed E-state index contributed by atoms with van der Waals surface area (Å²) in [6.45, 7) is 3.96. The number of sulfonamides is 1. The number of benzene rings is 3. The highest BCUT2D eigenvalue weighted by molar-refractivity contribution is 7.93. The van der Waals surface area contributed by atoms with Crippen LogP contribution in [0, 0.1) is 11.3 Å². The summed E-state index contributed by atoms with van der Waals surface area (Å²) in [5.41, 5.74) is 1.96. The van der Waals surface area contributed by atoms with Gasteiger partial charge in [-0.1, -0.05) is 30.3 Å². The number of halogens is 2. The first-order valence-corrected chi connectivity index (χ1v) is 16.4. The van der Waals surface area contributed by atoms with Gasteiger partial charge in [0.05, 0.1) is 31.0 Å². The molecule has 12 nitrogen and oxygen atoms in total. The third-order valence-electron chi connectivity index (χ3n) is 8.34. The van der Waals surface area contributed by atoms with E-state index < -0.39 is 27.3 Å². The molecule has 3 heterocycles. The molecular formula is C34H34Cl2N6O6S. The topological polar surface area (TPSA) is 145 Å². The van der Waals surface area contributed by atoms with Crippen molar-refractivity contribution in [3.8, 4) is 17.6 Å². The molecule has 1 fully saturated rings. The van der Waals surface area contributed by atoms with Crippen molar-refractivity contribution in [2.75, 3.05) is 49.1 Å². The van der Waals surface area contributed by atoms with E-state index in [9.17, 15) is 18.5 Å². The third-order valence-corrected chi connectivity index (χ3v) is 10.1. The molecule has 4 aromatic rings. The van der Waals surface area contributed by atoms with Gasteiger partial charge in [-0.15, -0.1) is 24.8 Å². The summed E-state index contributed by atoms with van der Waals surface area (Å²) in [7, 11) is -3.31. The number of nitrogens with one attached hydrogen (secondary N) is 1. The van der Waals surface area contributed by atoms with Crippen molar-refractivity contribution in [3.05, 3.63) is 108 Å². The average molecular weight is 726 g/mol. The minimum absolute atomic E-state index is 0. The van der Waals surface area contributed by atoms with Crippen LogP contribution in [0.5, 0.6) is 11.5 Å². The van der Waals surface area contributed by atoms with Crippen LogP contribution in [0.2, 0.25) is 0 Å². The Bertz CT molecular complexity index is 1990. The Morgan fingerprint density at radius 3 is 2.24 bits per heavy atom. The molecule has 0 radical (unpaired) electrons. The second kappa shape index (κ2) is 15.1. The predicted molar refractivity (Wildman–Crippen MR) is 188 cm³/mol. The van der Waals surface area contributed by atoms with Gasteiger partial charge in [-0.25, -0.2) is 17.7 Å². The molecule has 256 valence electrons. The van der Waals surface area contributed by atoms with Gasteiger partial charge in [-0.05, 0) is 55.5 Å². The summed E-state index contributed by atoms with van der Waals surface area (Å²) < 4.78 is 40.8. The second-order valence-electron chi connectivity index (χ2n) is 10.9. The van der Waals surface area contributed by atoms with Gasteiger partial charge >= 0.3 is 0 Å². The number of hydrazine groups is 1. The fourth-order valence-corrected chi connectivity index (χ4v) is 7.77. The molecule has 2 amide bonds. The van der Waals surface area contributed by atoms with Crippen molar-refractivity contribution in [2.24, 2.45) is 0 Å². The van der Waals surface area contributed by atoms with E-state index in [1.165, 1.54) is 43.5 Å². The number of ether oxygens (including phenoxy) is 2. The van der Waals surface area contributed by atoms with Crippen molar-refractivity contribution in [2.45, 2.75) is 17.2 Å². The predicted octanol–water partition coefficient (Wildman–Crippen LogP) is 4.08. The lowest BCUT2D eigenvalue weighted by Gasteiger charge is -2.38. The minimum atomic E-state index is -4.64. The molecular weight excluding hydrogens is 691 g/mol. The van der Waals surface area contributed by atoms with Gasteiger partial charge in [0.15, 0.2) is 5.41 Å². The lowest BCUT2D eigenvalue weighted by Crippen LogP contribution is -2.60. The van der Waals surface area contributed by atoms with E-state index >= 15 is 4.79 Å². The van der Waals surface area contributed by atoms with Crippen LogP contribution in [0.3, 0.4) is 0 Å². The third kappa shape index (κ3) is 6.36. The number of fused-ring (bicyclic) bond motifs is 1. The summed E-state index contributed by atoms with van der Waals surface area (Å²) in [4.78, 5) is 35.9. The van der Waals surface area contributed by atoms with E-state index in [0.29, 0.717) is 30.5 Å². The van der Waals surface area contributed by atoms with Crippen LogP contribution in [0.15, 0.2) is 96.2 Å². The number of nitrogens with zero attached hydrogens (tertiary/aromatic N) is 5. The number of carbonyl (C=O) groups excluding carboxylic acids is 2. The Balaban J connectivity index is 0.00000270. The number of methoxy groups -OCH3 is 1.